The fourth-order valence-corrected chi connectivity index (χ4v) is 5.48. The molecule has 2 aliphatic heterocycles. The van der Waals surface area contributed by atoms with Gasteiger partial charge in [-0.15, -0.1) is 0 Å². The van der Waals surface area contributed by atoms with Gasteiger partial charge in [0.2, 0.25) is 0 Å². The van der Waals surface area contributed by atoms with Crippen molar-refractivity contribution in [3.63, 3.8) is 0 Å². The van der Waals surface area contributed by atoms with Gasteiger partial charge in [0.25, 0.3) is 0 Å². The lowest BCUT2D eigenvalue weighted by atomic mass is 9.95. The molecule has 2 fully saturated rings. The van der Waals surface area contributed by atoms with E-state index in [4.69, 9.17) is 9.47 Å². The quantitative estimate of drug-likeness (QED) is 0.141. The molecule has 230 valence electrons. The summed E-state index contributed by atoms with van der Waals surface area (Å²) in [6.07, 6.45) is -12.8. The van der Waals surface area contributed by atoms with Gasteiger partial charge in [-0.05, 0) is 42.8 Å². The zero-order chi connectivity index (χ0) is 30.8. The van der Waals surface area contributed by atoms with Crippen molar-refractivity contribution < 1.29 is 55.4 Å². The Kier molecular flexibility index (Phi) is 9.68. The highest BCUT2D eigenvalue weighted by Crippen LogP contribution is 2.31. The van der Waals surface area contributed by atoms with Gasteiger partial charge in [-0.3, -0.25) is 0 Å². The van der Waals surface area contributed by atoms with Gasteiger partial charge < -0.3 is 60.0 Å². The first-order valence-electron chi connectivity index (χ1n) is 14.0. The Morgan fingerprint density at radius 2 is 1.05 bits per heavy atom. The first kappa shape index (κ1) is 31.3. The van der Waals surface area contributed by atoms with Crippen LogP contribution in [0.25, 0.3) is 21.8 Å². The number of hydrogen-bond donors (Lipinski definition) is 9. The molecule has 0 saturated carbocycles. The Bertz CT molecular complexity index is 1450. The molecule has 0 bridgehead atoms. The van der Waals surface area contributed by atoms with Crippen molar-refractivity contribution in [1.82, 2.24) is 4.57 Å². The Hall–Kier alpha value is -3.08. The van der Waals surface area contributed by atoms with E-state index in [-0.39, 0.29) is 6.61 Å². The normalized spacial score (nSPS) is 32.7. The summed E-state index contributed by atoms with van der Waals surface area (Å²) in [6.45, 7) is -0.553. The largest absolute Gasteiger partial charge is 0.396 e. The number of hydrogen-bond acceptors (Lipinski definition) is 11. The van der Waals surface area contributed by atoms with Crippen LogP contribution in [0.1, 0.15) is 17.5 Å². The van der Waals surface area contributed by atoms with Crippen molar-refractivity contribution in [2.75, 3.05) is 19.8 Å². The van der Waals surface area contributed by atoms with E-state index in [0.717, 1.165) is 21.8 Å². The van der Waals surface area contributed by atoms with Gasteiger partial charge >= 0.3 is 0 Å². The molecule has 1 aromatic heterocycles. The second kappa shape index (κ2) is 13.3. The van der Waals surface area contributed by atoms with Crippen LogP contribution in [0.15, 0.2) is 36.4 Å². The molecule has 0 aliphatic carbocycles. The van der Waals surface area contributed by atoms with Crippen molar-refractivity contribution in [1.29, 1.82) is 0 Å². The van der Waals surface area contributed by atoms with E-state index in [9.17, 15) is 46.0 Å². The predicted molar refractivity (Wildman–Crippen MR) is 152 cm³/mol. The van der Waals surface area contributed by atoms with Crippen LogP contribution in [-0.2, 0) is 16.0 Å². The zero-order valence-electron chi connectivity index (χ0n) is 23.1. The number of aliphatic hydroxyl groups excluding tert-OH is 9. The molecule has 2 saturated heterocycles. The minimum atomic E-state index is -1.53. The SMILES string of the molecule is OCCCn1c2ccc(C#CC3OC(CO)C(O)C(O)C3O)cc2c2cc(C#CC3OC(CO)C(O)C(O)C3O)ccc21. The van der Waals surface area contributed by atoms with E-state index in [1.807, 2.05) is 24.3 Å². The molecule has 3 heterocycles. The van der Waals surface area contributed by atoms with E-state index in [2.05, 4.69) is 28.2 Å². The monoisotopic (exact) mass is 597 g/mol. The summed E-state index contributed by atoms with van der Waals surface area (Å²) in [6, 6.07) is 11.0. The van der Waals surface area contributed by atoms with Crippen LogP contribution in [0.5, 0.6) is 0 Å². The second-order valence-electron chi connectivity index (χ2n) is 10.7. The van der Waals surface area contributed by atoms with Crippen LogP contribution in [0.3, 0.4) is 0 Å². The van der Waals surface area contributed by atoms with Gasteiger partial charge in [-0.2, -0.15) is 0 Å². The first-order valence-corrected chi connectivity index (χ1v) is 14.0. The molecule has 3 aromatic rings. The predicted octanol–water partition coefficient (Wildman–Crippen LogP) is -2.44. The molecule has 0 amide bonds. The molecule has 0 radical (unpaired) electrons. The molecule has 9 N–H and O–H groups in total. The molecule has 2 aromatic carbocycles. The van der Waals surface area contributed by atoms with Crippen LogP contribution < -0.4 is 0 Å². The molecule has 10 unspecified atom stereocenters. The highest BCUT2D eigenvalue weighted by atomic mass is 16.5. The van der Waals surface area contributed by atoms with E-state index in [1.165, 1.54) is 0 Å². The summed E-state index contributed by atoms with van der Waals surface area (Å²) < 4.78 is 13.0. The van der Waals surface area contributed by atoms with Crippen molar-refractivity contribution in [3.05, 3.63) is 47.5 Å². The number of aryl methyl sites for hydroxylation is 1. The molecule has 43 heavy (non-hydrogen) atoms. The average molecular weight is 598 g/mol. The minimum absolute atomic E-state index is 0.00643. The third kappa shape index (κ3) is 6.14. The van der Waals surface area contributed by atoms with Crippen LogP contribution in [0, 0.1) is 23.7 Å². The highest BCUT2D eigenvalue weighted by Gasteiger charge is 2.43. The number of rotatable bonds is 5. The fraction of sp³-hybridized carbons (Fsp3) is 0.484. The van der Waals surface area contributed by atoms with Gasteiger partial charge in [-0.25, -0.2) is 0 Å². The molecule has 5 rings (SSSR count). The first-order chi connectivity index (χ1) is 20.7. The molecule has 0 spiro atoms. The molecular formula is C31H35NO11. The molecule has 2 aliphatic rings. The summed E-state index contributed by atoms with van der Waals surface area (Å²) in [5, 5.41) is 90.8. The Morgan fingerprint density at radius 3 is 1.44 bits per heavy atom. The van der Waals surface area contributed by atoms with Crippen LogP contribution in [-0.4, -0.2) is 131 Å². The van der Waals surface area contributed by atoms with Gasteiger partial charge in [0, 0.05) is 46.1 Å². The standard InChI is InChI=1S/C31H35NO11/c33-11-1-10-32-20-6-2-16(4-8-22-26(36)30(40)28(38)24(14-34)42-22)12-18(20)19-13-17(3-7-21(19)32)5-9-23-27(37)31(41)29(39)25(15-35)43-23/h2-3,6-7,12-13,22-31,33-41H,1,10-11,14-15H2. The minimum Gasteiger partial charge on any atom is -0.396 e. The Labute approximate surface area is 247 Å². The third-order valence-electron chi connectivity index (χ3n) is 7.91. The van der Waals surface area contributed by atoms with Crippen molar-refractivity contribution >= 4 is 21.8 Å². The van der Waals surface area contributed by atoms with Gasteiger partial charge in [0.1, 0.15) is 61.0 Å². The Morgan fingerprint density at radius 1 is 0.605 bits per heavy atom. The Balaban J connectivity index is 1.50. The van der Waals surface area contributed by atoms with Gasteiger partial charge in [0.05, 0.1) is 13.2 Å². The number of ether oxygens (including phenoxy) is 2. The number of fused-ring (bicyclic) bond motifs is 3. The van der Waals surface area contributed by atoms with Crippen molar-refractivity contribution in [2.24, 2.45) is 0 Å². The lowest BCUT2D eigenvalue weighted by Crippen LogP contribution is -2.58. The molecule has 12 heteroatoms. The third-order valence-corrected chi connectivity index (χ3v) is 7.91. The molecule has 12 nitrogen and oxygen atoms in total. The lowest BCUT2D eigenvalue weighted by molar-refractivity contribution is -0.214. The maximum Gasteiger partial charge on any atom is 0.147 e. The summed E-state index contributed by atoms with van der Waals surface area (Å²) in [7, 11) is 0. The van der Waals surface area contributed by atoms with Gasteiger partial charge in [-0.1, -0.05) is 23.7 Å². The number of benzene rings is 2. The number of nitrogens with zero attached hydrogens (tertiary/aromatic N) is 1. The zero-order valence-corrected chi connectivity index (χ0v) is 23.1. The number of aromatic nitrogens is 1. The summed E-state index contributed by atoms with van der Waals surface area (Å²) in [5.74, 6) is 11.5. The molecule has 10 atom stereocenters. The van der Waals surface area contributed by atoms with E-state index < -0.39 is 74.3 Å². The van der Waals surface area contributed by atoms with Crippen LogP contribution in [0.4, 0.5) is 0 Å². The maximum atomic E-state index is 10.3. The molecular weight excluding hydrogens is 562 g/mol. The second-order valence-corrected chi connectivity index (χ2v) is 10.7. The van der Waals surface area contributed by atoms with E-state index in [0.29, 0.717) is 24.1 Å². The van der Waals surface area contributed by atoms with Crippen molar-refractivity contribution in [2.45, 2.75) is 74.0 Å². The van der Waals surface area contributed by atoms with Crippen LogP contribution >= 0.6 is 0 Å². The van der Waals surface area contributed by atoms with E-state index >= 15 is 0 Å². The van der Waals surface area contributed by atoms with Crippen LogP contribution in [0.2, 0.25) is 0 Å². The summed E-state index contributed by atoms with van der Waals surface area (Å²) in [4.78, 5) is 0. The highest BCUT2D eigenvalue weighted by molar-refractivity contribution is 6.09. The average Bonchev–Trinajstić information content (AvgIpc) is 3.32. The summed E-state index contributed by atoms with van der Waals surface area (Å²) >= 11 is 0. The summed E-state index contributed by atoms with van der Waals surface area (Å²) in [5.41, 5.74) is 2.90. The fourth-order valence-electron chi connectivity index (χ4n) is 5.48. The smallest absolute Gasteiger partial charge is 0.147 e. The van der Waals surface area contributed by atoms with E-state index in [1.54, 1.807) is 12.1 Å². The number of aliphatic hydroxyl groups is 9. The van der Waals surface area contributed by atoms with Gasteiger partial charge in [0.15, 0.2) is 0 Å². The topological polar surface area (TPSA) is 205 Å². The lowest BCUT2D eigenvalue weighted by Gasteiger charge is -2.37. The van der Waals surface area contributed by atoms with Crippen molar-refractivity contribution in [3.8, 4) is 23.7 Å². The maximum absolute atomic E-state index is 10.3.